The maximum absolute atomic E-state index is 11.4. The summed E-state index contributed by atoms with van der Waals surface area (Å²) in [6.07, 6.45) is -15.1. The highest BCUT2D eigenvalue weighted by molar-refractivity contribution is 5.50. The van der Waals surface area contributed by atoms with Crippen molar-refractivity contribution in [2.24, 2.45) is 0 Å². The lowest BCUT2D eigenvalue weighted by Crippen LogP contribution is -2.65. The molecule has 0 bridgehead atoms. The fourth-order valence-electron chi connectivity index (χ4n) is 4.33. The van der Waals surface area contributed by atoms with E-state index < -0.39 is 74.1 Å². The molecule has 18 nitrogen and oxygen atoms in total. The van der Waals surface area contributed by atoms with E-state index >= 15 is 0 Å². The predicted octanol–water partition coefficient (Wildman–Crippen LogP) is -2.35. The van der Waals surface area contributed by atoms with Crippen molar-refractivity contribution in [2.45, 2.75) is 87.8 Å². The normalized spacial score (nSPS) is 33.5. The van der Waals surface area contributed by atoms with Crippen LogP contribution in [0.2, 0.25) is 0 Å². The van der Waals surface area contributed by atoms with Gasteiger partial charge in [-0.3, -0.25) is 33.7 Å². The van der Waals surface area contributed by atoms with Crippen molar-refractivity contribution in [1.82, 2.24) is 0 Å². The Morgan fingerprint density at radius 1 is 0.650 bits per heavy atom. The molecule has 2 fully saturated rings. The van der Waals surface area contributed by atoms with Gasteiger partial charge in [0.2, 0.25) is 12.6 Å². The zero-order chi connectivity index (χ0) is 29.5. The third kappa shape index (κ3) is 8.39. The Bertz CT molecular complexity index is 837. The Kier molecular flexibility index (Phi) is 13.9. The molecule has 40 heavy (non-hydrogen) atoms. The van der Waals surface area contributed by atoms with Gasteiger partial charge in [0, 0.05) is 6.42 Å². The maximum Gasteiger partial charge on any atom is 0.330 e. The van der Waals surface area contributed by atoms with Gasteiger partial charge in [0.15, 0.2) is 36.6 Å². The minimum Gasteiger partial charge on any atom is -0.458 e. The van der Waals surface area contributed by atoms with Crippen LogP contribution >= 0.6 is 0 Å². The van der Waals surface area contributed by atoms with Gasteiger partial charge >= 0.3 is 6.47 Å². The van der Waals surface area contributed by atoms with Crippen LogP contribution < -0.4 is 0 Å². The zero-order valence-corrected chi connectivity index (χ0v) is 21.2. The number of hydrogen-bond donors (Lipinski definition) is 0. The summed E-state index contributed by atoms with van der Waals surface area (Å²) in [7, 11) is 0. The van der Waals surface area contributed by atoms with E-state index in [0.717, 1.165) is 0 Å². The highest BCUT2D eigenvalue weighted by atomic mass is 17.2. The van der Waals surface area contributed by atoms with E-state index in [0.29, 0.717) is 6.29 Å². The Labute approximate surface area is 226 Å². The van der Waals surface area contributed by atoms with Crippen LogP contribution in [-0.2, 0) is 86.0 Å². The summed E-state index contributed by atoms with van der Waals surface area (Å²) in [6.45, 7) is 2.70. The van der Waals surface area contributed by atoms with Crippen molar-refractivity contribution < 1.29 is 86.0 Å². The van der Waals surface area contributed by atoms with Crippen LogP contribution in [-0.4, -0.2) is 119 Å². The summed E-state index contributed by atoms with van der Waals surface area (Å²) < 4.78 is 48.0. The molecule has 1 saturated heterocycles. The van der Waals surface area contributed by atoms with Gasteiger partial charge in [0.25, 0.3) is 32.4 Å². The molecule has 1 saturated carbocycles. The summed E-state index contributed by atoms with van der Waals surface area (Å²) >= 11 is 0. The summed E-state index contributed by atoms with van der Waals surface area (Å²) in [5.74, 6) is 0. The molecular formula is C22H28O18. The molecule has 0 aromatic heterocycles. The number of rotatable bonds is 20. The van der Waals surface area contributed by atoms with E-state index in [1.807, 2.05) is 0 Å². The van der Waals surface area contributed by atoms with Crippen molar-refractivity contribution >= 4 is 45.1 Å². The van der Waals surface area contributed by atoms with E-state index in [4.69, 9.17) is 47.5 Å². The number of carbonyl (C=O) groups excluding carboxylic acids is 7. The first kappa shape index (κ1) is 32.5. The van der Waals surface area contributed by atoms with Crippen molar-refractivity contribution in [2.75, 3.05) is 6.61 Å². The molecule has 0 spiro atoms. The highest BCUT2D eigenvalue weighted by Crippen LogP contribution is 2.36. The molecule has 10 atom stereocenters. The molecule has 224 valence electrons. The highest BCUT2D eigenvalue weighted by Gasteiger charge is 2.56. The first-order chi connectivity index (χ1) is 19.4. The van der Waals surface area contributed by atoms with Crippen LogP contribution in [0.25, 0.3) is 0 Å². The molecule has 1 unspecified atom stereocenters. The second-order valence-corrected chi connectivity index (χ2v) is 8.24. The number of ether oxygens (including phenoxy) is 9. The van der Waals surface area contributed by atoms with Crippen LogP contribution in [0.1, 0.15) is 20.3 Å². The Hall–Kier alpha value is -3.71. The minimum atomic E-state index is -1.72. The lowest BCUT2D eigenvalue weighted by atomic mass is 9.86. The van der Waals surface area contributed by atoms with E-state index in [-0.39, 0.29) is 45.3 Å². The van der Waals surface area contributed by atoms with E-state index in [1.54, 1.807) is 13.8 Å². The van der Waals surface area contributed by atoms with Gasteiger partial charge in [-0.2, -0.15) is 4.89 Å². The molecule has 0 amide bonds. The van der Waals surface area contributed by atoms with Gasteiger partial charge < -0.3 is 47.4 Å². The molecule has 1 heterocycles. The predicted molar refractivity (Wildman–Crippen MR) is 117 cm³/mol. The molecule has 1 aliphatic carbocycles. The van der Waals surface area contributed by atoms with E-state index in [1.165, 1.54) is 0 Å². The second-order valence-electron chi connectivity index (χ2n) is 8.24. The molecular weight excluding hydrogens is 552 g/mol. The first-order valence-electron chi connectivity index (χ1n) is 11.6. The van der Waals surface area contributed by atoms with Gasteiger partial charge in [0.1, 0.15) is 25.1 Å². The molecule has 0 aromatic carbocycles. The van der Waals surface area contributed by atoms with Crippen molar-refractivity contribution in [3.63, 3.8) is 0 Å². The van der Waals surface area contributed by atoms with Crippen LogP contribution in [0.5, 0.6) is 0 Å². The van der Waals surface area contributed by atoms with Crippen LogP contribution in [0.15, 0.2) is 0 Å². The maximum atomic E-state index is 11.4. The molecule has 0 radical (unpaired) electrons. The van der Waals surface area contributed by atoms with Crippen molar-refractivity contribution in [1.29, 1.82) is 0 Å². The molecule has 2 aliphatic rings. The van der Waals surface area contributed by atoms with Gasteiger partial charge in [0.05, 0.1) is 6.10 Å². The fraction of sp³-hybridized carbons (Fsp3) is 0.682. The molecule has 0 N–H and O–H groups in total. The zero-order valence-electron chi connectivity index (χ0n) is 21.2. The van der Waals surface area contributed by atoms with Crippen LogP contribution in [0.4, 0.5) is 0 Å². The Morgan fingerprint density at radius 2 is 1.18 bits per heavy atom. The van der Waals surface area contributed by atoms with Gasteiger partial charge in [-0.25, -0.2) is 0 Å². The minimum absolute atomic E-state index is 0.000115. The number of carbonyl (C=O) groups is 7. The lowest BCUT2D eigenvalue weighted by Gasteiger charge is -2.47. The Balaban J connectivity index is 2.53. The third-order valence-electron chi connectivity index (χ3n) is 5.67. The van der Waals surface area contributed by atoms with Gasteiger partial charge in [-0.05, 0) is 13.8 Å². The first-order valence-corrected chi connectivity index (χ1v) is 11.6. The number of hydrogen-bond acceptors (Lipinski definition) is 18. The monoisotopic (exact) mass is 580 g/mol. The summed E-state index contributed by atoms with van der Waals surface area (Å²) in [5, 5.41) is 0. The molecule has 18 heteroatoms. The van der Waals surface area contributed by atoms with Crippen molar-refractivity contribution in [3.05, 3.63) is 0 Å². The standard InChI is InChI=1S/C22H28O18/c1-12(2)37-21-19(35-10-28)18(34-9-27)20(22(39-21)40-36-11-29)38-14-5-13(30-4-3-23)15(31-6-24)17(33-8-26)16(14)32-7-25/h3,6-22H,4-5H2,1-2H3/t13-,14-,15+,16-,17-,18+,19+,20-,21?,22+/m0/s1. The van der Waals surface area contributed by atoms with Gasteiger partial charge in [-0.1, -0.05) is 0 Å². The summed E-state index contributed by atoms with van der Waals surface area (Å²) in [6, 6.07) is 0. The second kappa shape index (κ2) is 17.1. The van der Waals surface area contributed by atoms with Crippen LogP contribution in [0.3, 0.4) is 0 Å². The van der Waals surface area contributed by atoms with E-state index in [2.05, 4.69) is 4.89 Å². The van der Waals surface area contributed by atoms with Crippen molar-refractivity contribution in [3.8, 4) is 0 Å². The third-order valence-corrected chi connectivity index (χ3v) is 5.67. The fourth-order valence-corrected chi connectivity index (χ4v) is 4.33. The largest absolute Gasteiger partial charge is 0.458 e. The Morgan fingerprint density at radius 3 is 1.70 bits per heavy atom. The number of aldehydes is 1. The average molecular weight is 580 g/mol. The lowest BCUT2D eigenvalue weighted by molar-refractivity contribution is -0.433. The van der Waals surface area contributed by atoms with Gasteiger partial charge in [-0.15, -0.1) is 0 Å². The van der Waals surface area contributed by atoms with E-state index in [9.17, 15) is 33.6 Å². The average Bonchev–Trinajstić information content (AvgIpc) is 2.92. The summed E-state index contributed by atoms with van der Waals surface area (Å²) in [4.78, 5) is 87.6. The molecule has 1 aliphatic heterocycles. The molecule has 2 rings (SSSR count). The summed E-state index contributed by atoms with van der Waals surface area (Å²) in [5.41, 5.74) is 0. The molecule has 0 aromatic rings. The topological polar surface area (TPSA) is 221 Å². The quantitative estimate of drug-likeness (QED) is 0.0636. The SMILES string of the molecule is CC(C)OC1O[C@H](OOC=O)[C@@H](O[C@H]2C[C@H](OCC=O)[C@@H](OC=O)[C@H](OC=O)[C@H]2OC=O)[C@H](OC=O)[C@H]1OC=O. The van der Waals surface area contributed by atoms with Crippen LogP contribution in [0, 0.1) is 0 Å². The smallest absolute Gasteiger partial charge is 0.330 e.